The molecular weight excluding hydrogens is 122 g/mol. The first kappa shape index (κ1) is 7.76. The second-order valence-corrected chi connectivity index (χ2v) is 1.33. The van der Waals surface area contributed by atoms with Gasteiger partial charge in [-0.25, -0.2) is 0 Å². The Hall–Kier alpha value is -1.24. The summed E-state index contributed by atoms with van der Waals surface area (Å²) in [5, 5.41) is 10.4. The maximum Gasteiger partial charge on any atom is 0.350 e. The van der Waals surface area contributed by atoms with Crippen LogP contribution in [0.3, 0.4) is 0 Å². The summed E-state index contributed by atoms with van der Waals surface area (Å²) in [6.45, 7) is 0. The van der Waals surface area contributed by atoms with Crippen molar-refractivity contribution in [2.45, 2.75) is 12.8 Å². The molecule has 0 unspecified atom stereocenters. The molecule has 0 radical (unpaired) electrons. The largest absolute Gasteiger partial charge is 0.469 e. The zero-order valence-electron chi connectivity index (χ0n) is 5.13. The molecule has 0 aliphatic rings. The molecule has 0 atom stereocenters. The first-order valence-electron chi connectivity index (χ1n) is 2.45. The van der Waals surface area contributed by atoms with Crippen LogP contribution in [-0.4, -0.2) is 18.3 Å². The molecule has 0 aromatic rings. The smallest absolute Gasteiger partial charge is 0.350 e. The predicted octanol–water partition coefficient (Wildman–Crippen LogP) is 0.662. The lowest BCUT2D eigenvalue weighted by atomic mass is 10.3. The molecule has 0 rings (SSSR count). The van der Waals surface area contributed by atoms with E-state index >= 15 is 0 Å². The van der Waals surface area contributed by atoms with Crippen molar-refractivity contribution in [2.24, 2.45) is 0 Å². The Balaban J connectivity index is 3.24. The summed E-state index contributed by atoms with van der Waals surface area (Å²) in [7, 11) is 1.30. The third kappa shape index (κ3) is 4.62. The van der Waals surface area contributed by atoms with E-state index < -0.39 is 0 Å². The summed E-state index contributed by atoms with van der Waals surface area (Å²) < 4.78 is 4.29. The molecule has 0 amide bonds. The normalized spacial score (nSPS) is 7.22. The SMILES string of the molecule is COC(=O)CCC#[N+]O. The van der Waals surface area contributed by atoms with Gasteiger partial charge in [-0.2, -0.15) is 5.21 Å². The first-order valence-corrected chi connectivity index (χ1v) is 2.45. The average molecular weight is 130 g/mol. The number of esters is 1. The van der Waals surface area contributed by atoms with Crippen molar-refractivity contribution in [3.8, 4) is 6.07 Å². The van der Waals surface area contributed by atoms with E-state index in [0.717, 1.165) is 0 Å². The second-order valence-electron chi connectivity index (χ2n) is 1.33. The Morgan fingerprint density at radius 2 is 2.56 bits per heavy atom. The van der Waals surface area contributed by atoms with Crippen molar-refractivity contribution in [3.05, 3.63) is 5.01 Å². The van der Waals surface area contributed by atoms with E-state index in [1.807, 2.05) is 0 Å². The van der Waals surface area contributed by atoms with Crippen molar-refractivity contribution in [1.29, 1.82) is 0 Å². The first-order chi connectivity index (χ1) is 4.31. The minimum absolute atomic E-state index is 0.209. The van der Waals surface area contributed by atoms with Crippen LogP contribution >= 0.6 is 0 Å². The standard InChI is InChI=1S/C5H7NO3/c1-9-5(7)3-2-4-6-8/h2-3H2,1H3/p+1. The van der Waals surface area contributed by atoms with E-state index in [0.29, 0.717) is 6.42 Å². The molecule has 1 N–H and O–H groups in total. The number of carbonyl (C=O) groups is 1. The van der Waals surface area contributed by atoms with Gasteiger partial charge >= 0.3 is 12.0 Å². The molecule has 0 aliphatic carbocycles. The molecule has 0 spiro atoms. The Morgan fingerprint density at radius 1 is 1.89 bits per heavy atom. The van der Waals surface area contributed by atoms with Crippen LogP contribution in [0, 0.1) is 6.07 Å². The summed E-state index contributed by atoms with van der Waals surface area (Å²) in [6, 6.07) is 2.19. The molecule has 0 fully saturated rings. The van der Waals surface area contributed by atoms with Crippen LogP contribution in [0.15, 0.2) is 0 Å². The molecule has 9 heavy (non-hydrogen) atoms. The molecule has 0 aliphatic heterocycles. The number of carbonyl (C=O) groups excluding carboxylic acids is 1. The molecular formula is C5H8NO3+. The van der Waals surface area contributed by atoms with Crippen molar-refractivity contribution >= 4 is 5.97 Å². The number of rotatable bonds is 2. The highest BCUT2D eigenvalue weighted by Crippen LogP contribution is 1.88. The maximum atomic E-state index is 10.3. The highest BCUT2D eigenvalue weighted by Gasteiger charge is 1.99. The van der Waals surface area contributed by atoms with Gasteiger partial charge in [-0.15, -0.1) is 0 Å². The summed E-state index contributed by atoms with van der Waals surface area (Å²) in [5.41, 5.74) is 0. The molecule has 4 nitrogen and oxygen atoms in total. The van der Waals surface area contributed by atoms with Gasteiger partial charge in [-0.05, 0) is 0 Å². The summed E-state index contributed by atoms with van der Waals surface area (Å²) in [4.78, 5) is 10.3. The fourth-order valence-electron chi connectivity index (χ4n) is 0.310. The molecule has 50 valence electrons. The van der Waals surface area contributed by atoms with Crippen molar-refractivity contribution < 1.29 is 14.7 Å². The third-order valence-corrected chi connectivity index (χ3v) is 0.739. The van der Waals surface area contributed by atoms with Gasteiger partial charge in [0.15, 0.2) is 0 Å². The van der Waals surface area contributed by atoms with Gasteiger partial charge < -0.3 is 4.74 Å². The van der Waals surface area contributed by atoms with Gasteiger partial charge in [-0.1, -0.05) is 0 Å². The molecule has 0 saturated heterocycles. The Bertz CT molecular complexity index is 144. The molecule has 0 aromatic heterocycles. The van der Waals surface area contributed by atoms with Crippen LogP contribution in [0.25, 0.3) is 5.01 Å². The third-order valence-electron chi connectivity index (χ3n) is 0.739. The van der Waals surface area contributed by atoms with Crippen LogP contribution in [0.4, 0.5) is 0 Å². The Morgan fingerprint density at radius 3 is 3.00 bits per heavy atom. The topological polar surface area (TPSA) is 50.9 Å². The van der Waals surface area contributed by atoms with E-state index in [9.17, 15) is 4.79 Å². The minimum atomic E-state index is -0.328. The van der Waals surface area contributed by atoms with Crippen LogP contribution in [-0.2, 0) is 9.53 Å². The number of hydrogen-bond donors (Lipinski definition) is 1. The fraction of sp³-hybridized carbons (Fsp3) is 0.600. The van der Waals surface area contributed by atoms with Crippen molar-refractivity contribution in [2.75, 3.05) is 7.11 Å². The summed E-state index contributed by atoms with van der Waals surface area (Å²) in [6.07, 6.45) is 0.504. The van der Waals surface area contributed by atoms with E-state index in [1.165, 1.54) is 7.11 Å². The van der Waals surface area contributed by atoms with Crippen LogP contribution in [0.5, 0.6) is 0 Å². The number of hydrogen-bond acceptors (Lipinski definition) is 3. The second kappa shape index (κ2) is 4.91. The Labute approximate surface area is 52.8 Å². The van der Waals surface area contributed by atoms with Crippen molar-refractivity contribution in [3.63, 3.8) is 0 Å². The van der Waals surface area contributed by atoms with E-state index in [4.69, 9.17) is 5.21 Å². The lowest BCUT2D eigenvalue weighted by molar-refractivity contribution is -0.140. The molecule has 4 heteroatoms. The van der Waals surface area contributed by atoms with Crippen LogP contribution < -0.4 is 0 Å². The van der Waals surface area contributed by atoms with Crippen LogP contribution in [0.1, 0.15) is 12.8 Å². The van der Waals surface area contributed by atoms with Crippen LogP contribution in [0.2, 0.25) is 0 Å². The van der Waals surface area contributed by atoms with Gasteiger partial charge in [0, 0.05) is 0 Å². The summed E-state index contributed by atoms with van der Waals surface area (Å²) in [5.74, 6) is -0.328. The van der Waals surface area contributed by atoms with Gasteiger partial charge in [0.25, 0.3) is 0 Å². The monoisotopic (exact) mass is 130 g/mol. The average Bonchev–Trinajstić information content (AvgIpc) is 1.89. The molecule has 0 bridgehead atoms. The van der Waals surface area contributed by atoms with E-state index in [2.05, 4.69) is 15.8 Å². The van der Waals surface area contributed by atoms with Gasteiger partial charge in [-0.3, -0.25) is 4.79 Å². The molecule has 0 saturated carbocycles. The van der Waals surface area contributed by atoms with Gasteiger partial charge in [0.05, 0.1) is 20.0 Å². The number of nitrogens with zero attached hydrogens (tertiary/aromatic N) is 1. The highest BCUT2D eigenvalue weighted by molar-refractivity contribution is 5.69. The minimum Gasteiger partial charge on any atom is -0.469 e. The zero-order chi connectivity index (χ0) is 7.11. The zero-order valence-corrected chi connectivity index (χ0v) is 5.13. The van der Waals surface area contributed by atoms with Gasteiger partial charge in [0.2, 0.25) is 5.01 Å². The summed E-state index contributed by atoms with van der Waals surface area (Å²) >= 11 is 0. The quantitative estimate of drug-likeness (QED) is 0.441. The van der Waals surface area contributed by atoms with E-state index in [-0.39, 0.29) is 12.4 Å². The van der Waals surface area contributed by atoms with E-state index in [1.54, 1.807) is 0 Å². The maximum absolute atomic E-state index is 10.3. The predicted molar refractivity (Wildman–Crippen MR) is 30.3 cm³/mol. The molecule has 0 aromatic carbocycles. The Kier molecular flexibility index (Phi) is 4.23. The number of methoxy groups -OCH3 is 1. The highest BCUT2D eigenvalue weighted by atomic mass is 16.5. The molecule has 0 heterocycles. The van der Waals surface area contributed by atoms with Crippen molar-refractivity contribution in [1.82, 2.24) is 0 Å². The lowest BCUT2D eigenvalue weighted by Crippen LogP contribution is -1.97. The fourth-order valence-corrected chi connectivity index (χ4v) is 0.310. The number of ether oxygens (including phenoxy) is 1. The van der Waals surface area contributed by atoms with Gasteiger partial charge in [0.1, 0.15) is 0 Å². The lowest BCUT2D eigenvalue weighted by Gasteiger charge is -1.88.